The van der Waals surface area contributed by atoms with Gasteiger partial charge >= 0.3 is 0 Å². The van der Waals surface area contributed by atoms with Crippen molar-refractivity contribution in [2.24, 2.45) is 0 Å². The van der Waals surface area contributed by atoms with Crippen molar-refractivity contribution in [3.8, 4) is 5.75 Å². The third kappa shape index (κ3) is 4.14. The highest BCUT2D eigenvalue weighted by Gasteiger charge is 2.12. The average molecular weight is 357 g/mol. The van der Waals surface area contributed by atoms with E-state index in [4.69, 9.17) is 4.74 Å². The molecule has 2 aromatic rings. The second kappa shape index (κ2) is 7.36. The molecule has 1 aromatic heterocycles. The maximum Gasteiger partial charge on any atom is 0.200 e. The summed E-state index contributed by atoms with van der Waals surface area (Å²) in [4.78, 5) is 4.22. The van der Waals surface area contributed by atoms with Crippen molar-refractivity contribution >= 4 is 21.7 Å². The Balaban J connectivity index is 2.13. The summed E-state index contributed by atoms with van der Waals surface area (Å²) in [5.74, 6) is -1.39. The van der Waals surface area contributed by atoms with Gasteiger partial charge in [-0.05, 0) is 24.6 Å². The van der Waals surface area contributed by atoms with Gasteiger partial charge in [-0.3, -0.25) is 0 Å². The van der Waals surface area contributed by atoms with Crippen molar-refractivity contribution in [1.82, 2.24) is 4.98 Å². The molecule has 0 aliphatic heterocycles. The minimum absolute atomic E-state index is 0.104. The van der Waals surface area contributed by atoms with Crippen LogP contribution in [0.25, 0.3) is 0 Å². The lowest BCUT2D eigenvalue weighted by Crippen LogP contribution is -2.07. The first-order valence-electron chi connectivity index (χ1n) is 6.57. The number of ether oxygens (including phenoxy) is 1. The lowest BCUT2D eigenvalue weighted by Gasteiger charge is -2.12. The van der Waals surface area contributed by atoms with E-state index in [1.807, 2.05) is 13.0 Å². The highest BCUT2D eigenvalue weighted by atomic mass is 79.9. The summed E-state index contributed by atoms with van der Waals surface area (Å²) in [6.07, 6.45) is 2.63. The number of anilines is 1. The Morgan fingerprint density at radius 3 is 2.90 bits per heavy atom. The van der Waals surface area contributed by atoms with Crippen LogP contribution in [0.5, 0.6) is 5.75 Å². The maximum atomic E-state index is 13.6. The molecule has 1 N–H and O–H groups in total. The van der Waals surface area contributed by atoms with Crippen LogP contribution < -0.4 is 10.1 Å². The lowest BCUT2D eigenvalue weighted by molar-refractivity contribution is 0.284. The van der Waals surface area contributed by atoms with Gasteiger partial charge in [-0.25, -0.2) is 9.37 Å². The van der Waals surface area contributed by atoms with E-state index < -0.39 is 11.6 Å². The minimum Gasteiger partial charge on any atom is -0.486 e. The number of pyridine rings is 1. The second-order valence-electron chi connectivity index (χ2n) is 4.43. The van der Waals surface area contributed by atoms with Crippen molar-refractivity contribution < 1.29 is 13.5 Å². The molecule has 0 saturated carbocycles. The topological polar surface area (TPSA) is 34.2 Å². The summed E-state index contributed by atoms with van der Waals surface area (Å²) in [6.45, 7) is 2.93. The number of rotatable bonds is 6. The Hall–Kier alpha value is -1.69. The first-order chi connectivity index (χ1) is 10.1. The van der Waals surface area contributed by atoms with E-state index in [0.717, 1.165) is 24.6 Å². The summed E-state index contributed by atoms with van der Waals surface area (Å²) in [6, 6.07) is 6.05. The van der Waals surface area contributed by atoms with Crippen LogP contribution in [0.4, 0.5) is 14.6 Å². The fourth-order valence-electron chi connectivity index (χ4n) is 1.75. The smallest absolute Gasteiger partial charge is 0.200 e. The Bertz CT molecular complexity index is 623. The molecule has 0 amide bonds. The summed E-state index contributed by atoms with van der Waals surface area (Å²) in [5, 5.41) is 3.17. The van der Waals surface area contributed by atoms with Gasteiger partial charge in [0.15, 0.2) is 11.6 Å². The van der Waals surface area contributed by atoms with Crippen LogP contribution in [0, 0.1) is 11.6 Å². The fourth-order valence-corrected chi connectivity index (χ4v) is 2.16. The number of nitrogens with zero attached hydrogens (tertiary/aromatic N) is 1. The third-order valence-corrected chi connectivity index (χ3v) is 3.23. The first-order valence-corrected chi connectivity index (χ1v) is 7.36. The predicted molar refractivity (Wildman–Crippen MR) is 81.4 cm³/mol. The highest BCUT2D eigenvalue weighted by molar-refractivity contribution is 9.10. The average Bonchev–Trinajstić information content (AvgIpc) is 2.48. The van der Waals surface area contributed by atoms with E-state index in [1.165, 1.54) is 6.07 Å². The molecule has 6 heteroatoms. The van der Waals surface area contributed by atoms with Gasteiger partial charge in [-0.15, -0.1) is 0 Å². The van der Waals surface area contributed by atoms with Gasteiger partial charge in [0.25, 0.3) is 0 Å². The monoisotopic (exact) mass is 356 g/mol. The number of hydrogen-bond acceptors (Lipinski definition) is 3. The number of aromatic nitrogens is 1. The van der Waals surface area contributed by atoms with Crippen LogP contribution in [0.15, 0.2) is 34.9 Å². The lowest BCUT2D eigenvalue weighted by atomic mass is 10.2. The van der Waals surface area contributed by atoms with Crippen molar-refractivity contribution in [3.63, 3.8) is 0 Å². The molecular formula is C15H15BrF2N2O. The van der Waals surface area contributed by atoms with Crippen LogP contribution in [0.3, 0.4) is 0 Å². The van der Waals surface area contributed by atoms with E-state index in [9.17, 15) is 8.78 Å². The van der Waals surface area contributed by atoms with E-state index in [0.29, 0.717) is 10.3 Å². The summed E-state index contributed by atoms with van der Waals surface area (Å²) >= 11 is 3.11. The SMILES string of the molecule is CCCNc1ncccc1COc1cc(Br)cc(F)c1F. The Kier molecular flexibility index (Phi) is 5.50. The first kappa shape index (κ1) is 15.7. The van der Waals surface area contributed by atoms with E-state index >= 15 is 0 Å². The van der Waals surface area contributed by atoms with Crippen molar-refractivity contribution in [2.45, 2.75) is 20.0 Å². The van der Waals surface area contributed by atoms with Crippen molar-refractivity contribution in [2.75, 3.05) is 11.9 Å². The predicted octanol–water partition coefficient (Wildman–Crippen LogP) is 4.52. The van der Waals surface area contributed by atoms with Gasteiger partial charge in [-0.1, -0.05) is 28.9 Å². The molecule has 3 nitrogen and oxygen atoms in total. The largest absolute Gasteiger partial charge is 0.486 e. The molecule has 0 saturated heterocycles. The van der Waals surface area contributed by atoms with Crippen molar-refractivity contribution in [1.29, 1.82) is 0 Å². The van der Waals surface area contributed by atoms with Gasteiger partial charge in [0, 0.05) is 22.8 Å². The van der Waals surface area contributed by atoms with Gasteiger partial charge in [-0.2, -0.15) is 4.39 Å². The van der Waals surface area contributed by atoms with Crippen LogP contribution >= 0.6 is 15.9 Å². The number of nitrogens with one attached hydrogen (secondary N) is 1. The molecule has 0 radical (unpaired) electrons. The molecule has 112 valence electrons. The summed E-state index contributed by atoms with van der Waals surface area (Å²) in [5.41, 5.74) is 0.783. The quantitative estimate of drug-likeness (QED) is 0.772. The van der Waals surface area contributed by atoms with Crippen LogP contribution in [-0.4, -0.2) is 11.5 Å². The van der Waals surface area contributed by atoms with Gasteiger partial charge in [0.1, 0.15) is 12.4 Å². The zero-order valence-electron chi connectivity index (χ0n) is 11.5. The molecule has 0 fully saturated rings. The molecule has 21 heavy (non-hydrogen) atoms. The molecule has 0 bridgehead atoms. The number of halogens is 3. The molecule has 0 aliphatic carbocycles. The van der Waals surface area contributed by atoms with Crippen LogP contribution in [-0.2, 0) is 6.61 Å². The second-order valence-corrected chi connectivity index (χ2v) is 5.34. The van der Waals surface area contributed by atoms with E-state index in [2.05, 4.69) is 26.2 Å². The van der Waals surface area contributed by atoms with Crippen molar-refractivity contribution in [3.05, 3.63) is 52.1 Å². The zero-order valence-corrected chi connectivity index (χ0v) is 13.1. The van der Waals surface area contributed by atoms with Gasteiger partial charge in [0.05, 0.1) is 0 Å². The van der Waals surface area contributed by atoms with Crippen LogP contribution in [0.1, 0.15) is 18.9 Å². The van der Waals surface area contributed by atoms with Gasteiger partial charge < -0.3 is 10.1 Å². The Morgan fingerprint density at radius 1 is 1.33 bits per heavy atom. The molecule has 0 aliphatic rings. The number of hydrogen-bond donors (Lipinski definition) is 1. The number of benzene rings is 1. The molecule has 2 rings (SSSR count). The van der Waals surface area contributed by atoms with Gasteiger partial charge in [0.2, 0.25) is 5.82 Å². The molecular weight excluding hydrogens is 342 g/mol. The normalized spacial score (nSPS) is 10.5. The van der Waals surface area contributed by atoms with Crippen LogP contribution in [0.2, 0.25) is 0 Å². The van der Waals surface area contributed by atoms with E-state index in [-0.39, 0.29) is 12.4 Å². The molecule has 0 unspecified atom stereocenters. The standard InChI is InChI=1S/C15H15BrF2N2O/c1-2-5-19-15-10(4-3-6-20-15)9-21-13-8-11(16)7-12(17)14(13)18/h3-4,6-8H,2,5,9H2,1H3,(H,19,20). The Morgan fingerprint density at radius 2 is 2.14 bits per heavy atom. The van der Waals surface area contributed by atoms with E-state index in [1.54, 1.807) is 12.3 Å². The fraction of sp³-hybridized carbons (Fsp3) is 0.267. The summed E-state index contributed by atoms with van der Waals surface area (Å²) in [7, 11) is 0. The Labute approximate surface area is 130 Å². The highest BCUT2D eigenvalue weighted by Crippen LogP contribution is 2.26. The molecule has 1 heterocycles. The third-order valence-electron chi connectivity index (χ3n) is 2.78. The minimum atomic E-state index is -0.995. The summed E-state index contributed by atoms with van der Waals surface area (Å²) < 4.78 is 32.7. The zero-order chi connectivity index (χ0) is 15.2. The maximum absolute atomic E-state index is 13.6. The molecule has 0 atom stereocenters. The molecule has 1 aromatic carbocycles. The molecule has 0 spiro atoms.